The molecule has 2 rings (SSSR count). The topological polar surface area (TPSA) is 12.9 Å². The number of thioether (sulfide) groups is 1. The maximum absolute atomic E-state index is 5.82. The van der Waals surface area contributed by atoms with Crippen molar-refractivity contribution in [2.75, 3.05) is 5.75 Å². The van der Waals surface area contributed by atoms with E-state index >= 15 is 0 Å². The third kappa shape index (κ3) is 2.06. The van der Waals surface area contributed by atoms with Crippen molar-refractivity contribution in [1.29, 1.82) is 0 Å². The normalized spacial score (nSPS) is 16.0. The van der Waals surface area contributed by atoms with Gasteiger partial charge in [0.05, 0.1) is 0 Å². The molecule has 68 valence electrons. The molecule has 0 fully saturated rings. The van der Waals surface area contributed by atoms with E-state index in [2.05, 4.69) is 18.0 Å². The lowest BCUT2D eigenvalue weighted by Gasteiger charge is -2.00. The van der Waals surface area contributed by atoms with Crippen molar-refractivity contribution in [1.82, 2.24) is 4.98 Å². The largest absolute Gasteiger partial charge is 0.229 e. The fraction of sp³-hybridized carbons (Fsp3) is 0.300. The van der Waals surface area contributed by atoms with Crippen LogP contribution in [0.15, 0.2) is 22.7 Å². The first kappa shape index (κ1) is 9.10. The lowest BCUT2D eigenvalue weighted by Crippen LogP contribution is -1.84. The molecular weight excluding hydrogens is 202 g/mol. The average Bonchev–Trinajstić information content (AvgIpc) is 2.25. The van der Waals surface area contributed by atoms with Crippen molar-refractivity contribution >= 4 is 29.4 Å². The quantitative estimate of drug-likeness (QED) is 0.608. The molecule has 1 aliphatic heterocycles. The van der Waals surface area contributed by atoms with Gasteiger partial charge in [0.1, 0.15) is 10.2 Å². The first-order valence-electron chi connectivity index (χ1n) is 4.22. The Bertz CT molecular complexity index is 360. The Morgan fingerprint density at radius 3 is 3.15 bits per heavy atom. The molecule has 2 heterocycles. The number of halogens is 1. The lowest BCUT2D eigenvalue weighted by atomic mass is 10.1. The van der Waals surface area contributed by atoms with Gasteiger partial charge in [-0.1, -0.05) is 23.3 Å². The van der Waals surface area contributed by atoms with Gasteiger partial charge in [-0.3, -0.25) is 0 Å². The third-order valence-electron chi connectivity index (χ3n) is 1.99. The van der Waals surface area contributed by atoms with Gasteiger partial charge < -0.3 is 0 Å². The summed E-state index contributed by atoms with van der Waals surface area (Å²) in [5.41, 5.74) is 2.61. The Balaban J connectivity index is 2.48. The summed E-state index contributed by atoms with van der Waals surface area (Å²) >= 11 is 7.60. The van der Waals surface area contributed by atoms with Crippen LogP contribution < -0.4 is 0 Å². The second-order valence-corrected chi connectivity index (χ2v) is 4.59. The van der Waals surface area contributed by atoms with Gasteiger partial charge >= 0.3 is 0 Å². The summed E-state index contributed by atoms with van der Waals surface area (Å²) in [6.45, 7) is 2.16. The third-order valence-corrected chi connectivity index (χ3v) is 3.21. The van der Waals surface area contributed by atoms with E-state index in [9.17, 15) is 0 Å². The second-order valence-electron chi connectivity index (χ2n) is 3.12. The Hall–Kier alpha value is -0.470. The van der Waals surface area contributed by atoms with Gasteiger partial charge in [0.2, 0.25) is 0 Å². The van der Waals surface area contributed by atoms with Crippen LogP contribution in [-0.2, 0) is 0 Å². The molecule has 1 aliphatic rings. The maximum atomic E-state index is 5.82. The van der Waals surface area contributed by atoms with E-state index in [1.807, 2.05) is 12.1 Å². The fourth-order valence-corrected chi connectivity index (χ4v) is 2.57. The molecule has 0 saturated carbocycles. The Kier molecular flexibility index (Phi) is 2.61. The monoisotopic (exact) mass is 211 g/mol. The Labute approximate surface area is 87.2 Å². The number of pyridine rings is 1. The molecular formula is C10H10ClNS. The number of rotatable bonds is 0. The van der Waals surface area contributed by atoms with E-state index < -0.39 is 0 Å². The average molecular weight is 212 g/mol. The lowest BCUT2D eigenvalue weighted by molar-refractivity contribution is 1.12. The van der Waals surface area contributed by atoms with Crippen molar-refractivity contribution in [2.45, 2.75) is 18.4 Å². The summed E-state index contributed by atoms with van der Waals surface area (Å²) in [7, 11) is 0. The van der Waals surface area contributed by atoms with E-state index in [0.29, 0.717) is 5.15 Å². The molecule has 0 saturated heterocycles. The van der Waals surface area contributed by atoms with E-state index in [4.69, 9.17) is 11.6 Å². The number of aromatic nitrogens is 1. The highest BCUT2D eigenvalue weighted by Gasteiger charge is 2.08. The van der Waals surface area contributed by atoms with Crippen molar-refractivity contribution in [2.24, 2.45) is 0 Å². The molecule has 1 nitrogen and oxygen atoms in total. The van der Waals surface area contributed by atoms with E-state index in [-0.39, 0.29) is 0 Å². The standard InChI is InChI=1S/C10H10ClNS/c1-7-4-5-13-10-8(6-7)2-3-9(11)12-10/h2-3,6H,4-5H2,1H3. The summed E-state index contributed by atoms with van der Waals surface area (Å²) in [5.74, 6) is 1.10. The van der Waals surface area contributed by atoms with Crippen LogP contribution >= 0.6 is 23.4 Å². The van der Waals surface area contributed by atoms with Crippen molar-refractivity contribution in [3.63, 3.8) is 0 Å². The van der Waals surface area contributed by atoms with Crippen LogP contribution in [0.1, 0.15) is 18.9 Å². The van der Waals surface area contributed by atoms with E-state index in [0.717, 1.165) is 17.2 Å². The second kappa shape index (κ2) is 3.72. The number of fused-ring (bicyclic) bond motifs is 1. The van der Waals surface area contributed by atoms with Gasteiger partial charge in [-0.2, -0.15) is 0 Å². The molecule has 0 N–H and O–H groups in total. The smallest absolute Gasteiger partial charge is 0.130 e. The van der Waals surface area contributed by atoms with Gasteiger partial charge in [0.15, 0.2) is 0 Å². The van der Waals surface area contributed by atoms with Crippen molar-refractivity contribution < 1.29 is 0 Å². The predicted octanol–water partition coefficient (Wildman–Crippen LogP) is 3.63. The molecule has 1 aromatic heterocycles. The molecule has 0 atom stereocenters. The van der Waals surface area contributed by atoms with Crippen LogP contribution in [0.25, 0.3) is 6.08 Å². The van der Waals surface area contributed by atoms with E-state index in [1.54, 1.807) is 11.8 Å². The van der Waals surface area contributed by atoms with Crippen LogP contribution in [-0.4, -0.2) is 10.7 Å². The number of hydrogen-bond donors (Lipinski definition) is 0. The molecule has 1 aromatic rings. The molecule has 0 aromatic carbocycles. The van der Waals surface area contributed by atoms with Gasteiger partial charge in [-0.25, -0.2) is 4.98 Å². The highest BCUT2D eigenvalue weighted by Crippen LogP contribution is 2.29. The van der Waals surface area contributed by atoms with Gasteiger partial charge in [-0.05, 0) is 25.5 Å². The SMILES string of the molecule is CC1=Cc2ccc(Cl)nc2SCC1. The van der Waals surface area contributed by atoms with Crippen LogP contribution in [0.3, 0.4) is 0 Å². The molecule has 0 bridgehead atoms. The summed E-state index contributed by atoms with van der Waals surface area (Å²) in [4.78, 5) is 4.29. The Morgan fingerprint density at radius 1 is 1.46 bits per heavy atom. The van der Waals surface area contributed by atoms with Crippen LogP contribution in [0, 0.1) is 0 Å². The minimum absolute atomic E-state index is 0.583. The molecule has 0 spiro atoms. The first-order chi connectivity index (χ1) is 6.25. The number of allylic oxidation sites excluding steroid dienone is 1. The number of hydrogen-bond acceptors (Lipinski definition) is 2. The minimum atomic E-state index is 0.583. The van der Waals surface area contributed by atoms with E-state index in [1.165, 1.54) is 11.1 Å². The van der Waals surface area contributed by atoms with Crippen LogP contribution in [0.5, 0.6) is 0 Å². The molecule has 13 heavy (non-hydrogen) atoms. The van der Waals surface area contributed by atoms with Gasteiger partial charge in [-0.15, -0.1) is 11.8 Å². The molecule has 0 radical (unpaired) electrons. The van der Waals surface area contributed by atoms with Crippen LogP contribution in [0.4, 0.5) is 0 Å². The highest BCUT2D eigenvalue weighted by molar-refractivity contribution is 7.99. The minimum Gasteiger partial charge on any atom is -0.229 e. The highest BCUT2D eigenvalue weighted by atomic mass is 35.5. The summed E-state index contributed by atoms with van der Waals surface area (Å²) < 4.78 is 0. The first-order valence-corrected chi connectivity index (χ1v) is 5.58. The molecule has 3 heteroatoms. The predicted molar refractivity (Wildman–Crippen MR) is 58.2 cm³/mol. The maximum Gasteiger partial charge on any atom is 0.130 e. The van der Waals surface area contributed by atoms with Crippen molar-refractivity contribution in [3.05, 3.63) is 28.4 Å². The zero-order valence-corrected chi connectivity index (χ0v) is 8.95. The molecule has 0 aliphatic carbocycles. The molecule has 0 amide bonds. The Morgan fingerprint density at radius 2 is 2.31 bits per heavy atom. The van der Waals surface area contributed by atoms with Gasteiger partial charge in [0.25, 0.3) is 0 Å². The van der Waals surface area contributed by atoms with Gasteiger partial charge in [0, 0.05) is 11.3 Å². The summed E-state index contributed by atoms with van der Waals surface area (Å²) in [6.07, 6.45) is 3.33. The fourth-order valence-electron chi connectivity index (χ4n) is 1.30. The number of nitrogens with zero attached hydrogens (tertiary/aromatic N) is 1. The van der Waals surface area contributed by atoms with Crippen LogP contribution in [0.2, 0.25) is 5.15 Å². The van der Waals surface area contributed by atoms with Crippen molar-refractivity contribution in [3.8, 4) is 0 Å². The molecule has 0 unspecified atom stereocenters. The zero-order chi connectivity index (χ0) is 9.26. The zero-order valence-electron chi connectivity index (χ0n) is 7.38. The summed E-state index contributed by atoms with van der Waals surface area (Å²) in [6, 6.07) is 3.88. The summed E-state index contributed by atoms with van der Waals surface area (Å²) in [5, 5.41) is 1.64.